The minimum Gasteiger partial charge on any atom is -0.548 e. The third-order valence-corrected chi connectivity index (χ3v) is 2.24. The Morgan fingerprint density at radius 2 is 1.94 bits per heavy atom. The highest BCUT2D eigenvalue weighted by Crippen LogP contribution is 1.94. The molecule has 5 nitrogen and oxygen atoms in total. The Hall–Kier alpha value is -1.88. The number of hydrogen-bond acceptors (Lipinski definition) is 3. The molecule has 0 heterocycles. The molecular weight excluding hydrogens is 220 g/mol. The Labute approximate surface area is 100 Å². The minimum atomic E-state index is -1.28. The molecule has 5 heteroatoms. The number of carboxylic acids is 1. The molecule has 92 valence electrons. The van der Waals surface area contributed by atoms with Gasteiger partial charge in [0.1, 0.15) is 6.54 Å². The molecule has 1 rings (SSSR count). The van der Waals surface area contributed by atoms with Gasteiger partial charge in [-0.15, -0.1) is 0 Å². The zero-order valence-corrected chi connectivity index (χ0v) is 9.73. The fourth-order valence-electron chi connectivity index (χ4n) is 1.51. The van der Waals surface area contributed by atoms with Gasteiger partial charge in [-0.3, -0.25) is 4.79 Å². The van der Waals surface area contributed by atoms with E-state index in [-0.39, 0.29) is 12.5 Å². The van der Waals surface area contributed by atoms with Crippen LogP contribution in [0, 0.1) is 0 Å². The van der Waals surface area contributed by atoms with E-state index < -0.39 is 12.5 Å². The molecule has 0 radical (unpaired) electrons. The van der Waals surface area contributed by atoms with Crippen molar-refractivity contribution in [1.82, 2.24) is 5.32 Å². The first kappa shape index (κ1) is 13.2. The molecule has 0 saturated carbocycles. The number of carbonyl (C=O) groups excluding carboxylic acids is 2. The molecule has 0 saturated heterocycles. The first-order valence-electron chi connectivity index (χ1n) is 5.39. The SMILES string of the molecule is C[NH+](CC(=O)NCC(=O)[O-])Cc1ccccc1. The van der Waals surface area contributed by atoms with Gasteiger partial charge in [-0.25, -0.2) is 0 Å². The van der Waals surface area contributed by atoms with Crippen molar-refractivity contribution < 1.29 is 19.6 Å². The lowest BCUT2D eigenvalue weighted by Gasteiger charge is -2.14. The van der Waals surface area contributed by atoms with Crippen LogP contribution in [0.3, 0.4) is 0 Å². The highest BCUT2D eigenvalue weighted by atomic mass is 16.4. The predicted octanol–water partition coefficient (Wildman–Crippen LogP) is -2.43. The molecule has 0 aromatic heterocycles. The van der Waals surface area contributed by atoms with E-state index in [1.807, 2.05) is 37.4 Å². The molecule has 1 atom stereocenters. The summed E-state index contributed by atoms with van der Waals surface area (Å²) in [5, 5.41) is 12.4. The monoisotopic (exact) mass is 236 g/mol. The van der Waals surface area contributed by atoms with Crippen molar-refractivity contribution in [1.29, 1.82) is 0 Å². The van der Waals surface area contributed by atoms with E-state index >= 15 is 0 Å². The van der Waals surface area contributed by atoms with Crippen LogP contribution >= 0.6 is 0 Å². The Balaban J connectivity index is 2.32. The summed E-state index contributed by atoms with van der Waals surface area (Å²) in [4.78, 5) is 22.5. The standard InChI is InChI=1S/C12H16N2O3/c1-14(8-10-5-3-2-4-6-10)9-11(15)13-7-12(16)17/h2-6H,7-9H2,1H3,(H,13,15)(H,16,17). The van der Waals surface area contributed by atoms with Gasteiger partial charge in [0.25, 0.3) is 5.91 Å². The average Bonchev–Trinajstić information content (AvgIpc) is 2.27. The molecule has 0 fully saturated rings. The lowest BCUT2D eigenvalue weighted by Crippen LogP contribution is -3.08. The van der Waals surface area contributed by atoms with Crippen molar-refractivity contribution in [2.24, 2.45) is 0 Å². The quantitative estimate of drug-likeness (QED) is 0.577. The third-order valence-electron chi connectivity index (χ3n) is 2.24. The van der Waals surface area contributed by atoms with E-state index in [0.717, 1.165) is 17.0 Å². The summed E-state index contributed by atoms with van der Waals surface area (Å²) < 4.78 is 0. The molecule has 0 bridgehead atoms. The second-order valence-corrected chi connectivity index (χ2v) is 3.94. The Bertz CT molecular complexity index is 379. The van der Waals surface area contributed by atoms with E-state index in [9.17, 15) is 14.7 Å². The summed E-state index contributed by atoms with van der Waals surface area (Å²) in [5.41, 5.74) is 1.14. The maximum absolute atomic E-state index is 11.3. The smallest absolute Gasteiger partial charge is 0.275 e. The summed E-state index contributed by atoms with van der Waals surface area (Å²) in [7, 11) is 1.88. The summed E-state index contributed by atoms with van der Waals surface area (Å²) in [6.45, 7) is 0.527. The Kier molecular flexibility index (Phi) is 5.16. The van der Waals surface area contributed by atoms with Crippen molar-refractivity contribution >= 4 is 11.9 Å². The number of rotatable bonds is 6. The Morgan fingerprint density at radius 1 is 1.29 bits per heavy atom. The fraction of sp³-hybridized carbons (Fsp3) is 0.333. The van der Waals surface area contributed by atoms with Crippen LogP contribution in [0.25, 0.3) is 0 Å². The lowest BCUT2D eigenvalue weighted by atomic mass is 10.2. The summed E-state index contributed by atoms with van der Waals surface area (Å²) >= 11 is 0. The molecular formula is C12H16N2O3. The number of carbonyl (C=O) groups is 2. The van der Waals surface area contributed by atoms with Gasteiger partial charge in [0.05, 0.1) is 19.6 Å². The molecule has 17 heavy (non-hydrogen) atoms. The second-order valence-electron chi connectivity index (χ2n) is 3.94. The third kappa shape index (κ3) is 5.67. The summed E-state index contributed by atoms with van der Waals surface area (Å²) in [6.07, 6.45) is 0. The normalized spacial score (nSPS) is 11.8. The van der Waals surface area contributed by atoms with Gasteiger partial charge >= 0.3 is 0 Å². The van der Waals surface area contributed by atoms with Crippen LogP contribution in [-0.4, -0.2) is 32.0 Å². The molecule has 2 N–H and O–H groups in total. The van der Waals surface area contributed by atoms with Gasteiger partial charge in [0.2, 0.25) is 0 Å². The number of aliphatic carboxylic acids is 1. The van der Waals surface area contributed by atoms with Crippen molar-refractivity contribution in [3.05, 3.63) is 35.9 Å². The van der Waals surface area contributed by atoms with E-state index in [1.54, 1.807) is 0 Å². The topological polar surface area (TPSA) is 73.7 Å². The van der Waals surface area contributed by atoms with E-state index in [0.29, 0.717) is 0 Å². The second kappa shape index (κ2) is 6.65. The number of carboxylic acid groups (broad SMARTS) is 1. The van der Waals surface area contributed by atoms with Crippen molar-refractivity contribution in [2.75, 3.05) is 20.1 Å². The zero-order valence-electron chi connectivity index (χ0n) is 9.73. The number of nitrogens with one attached hydrogen (secondary N) is 2. The number of benzene rings is 1. The van der Waals surface area contributed by atoms with Gasteiger partial charge in [-0.05, 0) is 0 Å². The van der Waals surface area contributed by atoms with Crippen LogP contribution in [0.15, 0.2) is 30.3 Å². The average molecular weight is 236 g/mol. The Morgan fingerprint density at radius 3 is 2.53 bits per heavy atom. The van der Waals surface area contributed by atoms with Crippen LogP contribution in [0.5, 0.6) is 0 Å². The summed E-state index contributed by atoms with van der Waals surface area (Å²) in [5.74, 6) is -1.57. The van der Waals surface area contributed by atoms with Crippen LogP contribution in [-0.2, 0) is 16.1 Å². The van der Waals surface area contributed by atoms with Crippen molar-refractivity contribution in [2.45, 2.75) is 6.54 Å². The molecule has 0 spiro atoms. The molecule has 0 aliphatic heterocycles. The first-order valence-corrected chi connectivity index (χ1v) is 5.39. The fourth-order valence-corrected chi connectivity index (χ4v) is 1.51. The molecule has 1 aromatic rings. The maximum atomic E-state index is 11.3. The minimum absolute atomic E-state index is 0.238. The number of likely N-dealkylation sites (N-methyl/N-ethyl adjacent to an activating group) is 1. The van der Waals surface area contributed by atoms with Gasteiger partial charge in [-0.1, -0.05) is 30.3 Å². The largest absolute Gasteiger partial charge is 0.548 e. The summed E-state index contributed by atoms with van der Waals surface area (Å²) in [6, 6.07) is 9.80. The van der Waals surface area contributed by atoms with Gasteiger partial charge < -0.3 is 20.1 Å². The lowest BCUT2D eigenvalue weighted by molar-refractivity contribution is -0.885. The van der Waals surface area contributed by atoms with Gasteiger partial charge in [0, 0.05) is 5.56 Å². The maximum Gasteiger partial charge on any atom is 0.275 e. The van der Waals surface area contributed by atoms with Crippen molar-refractivity contribution in [3.63, 3.8) is 0 Å². The van der Waals surface area contributed by atoms with Crippen molar-refractivity contribution in [3.8, 4) is 0 Å². The van der Waals surface area contributed by atoms with Gasteiger partial charge in [-0.2, -0.15) is 0 Å². The highest BCUT2D eigenvalue weighted by molar-refractivity contribution is 5.81. The van der Waals surface area contributed by atoms with Crippen LogP contribution in [0.2, 0.25) is 0 Å². The van der Waals surface area contributed by atoms with Crippen LogP contribution in [0.1, 0.15) is 5.56 Å². The molecule has 0 aliphatic carbocycles. The van der Waals surface area contributed by atoms with Crippen LogP contribution < -0.4 is 15.3 Å². The van der Waals surface area contributed by atoms with E-state index in [4.69, 9.17) is 0 Å². The molecule has 0 aliphatic rings. The number of quaternary nitrogens is 1. The number of amides is 1. The van der Waals surface area contributed by atoms with Crippen LogP contribution in [0.4, 0.5) is 0 Å². The first-order chi connectivity index (χ1) is 8.08. The van der Waals surface area contributed by atoms with E-state index in [1.165, 1.54) is 0 Å². The molecule has 1 aromatic carbocycles. The number of hydrogen-bond donors (Lipinski definition) is 2. The van der Waals surface area contributed by atoms with E-state index in [2.05, 4.69) is 5.32 Å². The molecule has 1 unspecified atom stereocenters. The predicted molar refractivity (Wildman–Crippen MR) is 59.9 cm³/mol. The highest BCUT2D eigenvalue weighted by Gasteiger charge is 2.09. The molecule has 1 amide bonds. The van der Waals surface area contributed by atoms with Gasteiger partial charge in [0.15, 0.2) is 6.54 Å². The zero-order chi connectivity index (χ0) is 12.7.